The summed E-state index contributed by atoms with van der Waals surface area (Å²) in [6.45, 7) is 5.98. The molecule has 0 saturated carbocycles. The molecule has 0 saturated heterocycles. The number of aryl methyl sites for hydroxylation is 2. The molecular formula is C13H23N3O. The van der Waals surface area contributed by atoms with E-state index in [0.717, 1.165) is 56.2 Å². The first kappa shape index (κ1) is 13.9. The molecule has 0 radical (unpaired) electrons. The van der Waals surface area contributed by atoms with Crippen molar-refractivity contribution in [2.45, 2.75) is 39.5 Å². The van der Waals surface area contributed by atoms with E-state index >= 15 is 0 Å². The van der Waals surface area contributed by atoms with E-state index in [1.54, 1.807) is 7.11 Å². The predicted octanol–water partition coefficient (Wildman–Crippen LogP) is 2.44. The molecule has 1 heterocycles. The third-order valence-electron chi connectivity index (χ3n) is 2.49. The van der Waals surface area contributed by atoms with Crippen LogP contribution in [0.4, 0.5) is 5.82 Å². The summed E-state index contributed by atoms with van der Waals surface area (Å²) in [6, 6.07) is 2.04. The highest BCUT2D eigenvalue weighted by Crippen LogP contribution is 2.09. The number of anilines is 1. The lowest BCUT2D eigenvalue weighted by Crippen LogP contribution is -2.07. The van der Waals surface area contributed by atoms with Crippen LogP contribution in [0.1, 0.15) is 38.2 Å². The molecule has 0 aliphatic heterocycles. The lowest BCUT2D eigenvalue weighted by Gasteiger charge is -2.08. The van der Waals surface area contributed by atoms with Gasteiger partial charge in [-0.1, -0.05) is 13.8 Å². The summed E-state index contributed by atoms with van der Waals surface area (Å²) < 4.78 is 5.04. The van der Waals surface area contributed by atoms with E-state index < -0.39 is 0 Å². The van der Waals surface area contributed by atoms with Crippen molar-refractivity contribution >= 4 is 5.82 Å². The fraction of sp³-hybridized carbons (Fsp3) is 0.692. The smallest absolute Gasteiger partial charge is 0.131 e. The highest BCUT2D eigenvalue weighted by molar-refractivity contribution is 5.36. The standard InChI is InChI=1S/C13H23N3O/c1-4-8-14-13-10-11(5-2)15-12(16-13)7-6-9-17-3/h10H,4-9H2,1-3H3,(H,14,15,16). The minimum absolute atomic E-state index is 0.761. The molecule has 4 heteroatoms. The molecule has 0 amide bonds. The zero-order valence-corrected chi connectivity index (χ0v) is 11.1. The Morgan fingerprint density at radius 1 is 1.29 bits per heavy atom. The highest BCUT2D eigenvalue weighted by Gasteiger charge is 2.03. The number of ether oxygens (including phenoxy) is 1. The van der Waals surface area contributed by atoms with Crippen LogP contribution in [0, 0.1) is 0 Å². The maximum absolute atomic E-state index is 5.04. The molecular weight excluding hydrogens is 214 g/mol. The Morgan fingerprint density at radius 3 is 2.76 bits per heavy atom. The normalized spacial score (nSPS) is 10.5. The molecule has 1 aromatic rings. The van der Waals surface area contributed by atoms with Gasteiger partial charge in [0.05, 0.1) is 0 Å². The third kappa shape index (κ3) is 5.13. The van der Waals surface area contributed by atoms with Crippen LogP contribution in [0.2, 0.25) is 0 Å². The Morgan fingerprint density at radius 2 is 2.12 bits per heavy atom. The van der Waals surface area contributed by atoms with Crippen molar-refractivity contribution in [3.8, 4) is 0 Å². The van der Waals surface area contributed by atoms with Crippen LogP contribution in [-0.4, -0.2) is 30.2 Å². The first-order chi connectivity index (χ1) is 8.30. The van der Waals surface area contributed by atoms with Crippen LogP contribution >= 0.6 is 0 Å². The van der Waals surface area contributed by atoms with E-state index in [1.807, 2.05) is 6.07 Å². The summed E-state index contributed by atoms with van der Waals surface area (Å²) in [7, 11) is 1.72. The average molecular weight is 237 g/mol. The van der Waals surface area contributed by atoms with Crippen molar-refractivity contribution < 1.29 is 4.74 Å². The zero-order chi connectivity index (χ0) is 12.5. The summed E-state index contributed by atoms with van der Waals surface area (Å²) >= 11 is 0. The van der Waals surface area contributed by atoms with E-state index in [9.17, 15) is 0 Å². The van der Waals surface area contributed by atoms with Crippen molar-refractivity contribution in [2.24, 2.45) is 0 Å². The van der Waals surface area contributed by atoms with Crippen LogP contribution in [0.3, 0.4) is 0 Å². The third-order valence-corrected chi connectivity index (χ3v) is 2.49. The zero-order valence-electron chi connectivity index (χ0n) is 11.1. The van der Waals surface area contributed by atoms with Gasteiger partial charge in [-0.15, -0.1) is 0 Å². The summed E-state index contributed by atoms with van der Waals surface area (Å²) in [5.74, 6) is 1.87. The van der Waals surface area contributed by atoms with Crippen molar-refractivity contribution in [3.05, 3.63) is 17.6 Å². The highest BCUT2D eigenvalue weighted by atomic mass is 16.5. The molecule has 1 rings (SSSR count). The Hall–Kier alpha value is -1.16. The number of hydrogen-bond donors (Lipinski definition) is 1. The van der Waals surface area contributed by atoms with Crippen molar-refractivity contribution in [2.75, 3.05) is 25.6 Å². The van der Waals surface area contributed by atoms with Gasteiger partial charge in [-0.3, -0.25) is 0 Å². The van der Waals surface area contributed by atoms with Crippen molar-refractivity contribution in [1.29, 1.82) is 0 Å². The Labute approximate surface area is 104 Å². The van der Waals surface area contributed by atoms with Crippen LogP contribution in [0.5, 0.6) is 0 Å². The lowest BCUT2D eigenvalue weighted by atomic mass is 10.2. The molecule has 0 aliphatic carbocycles. The van der Waals surface area contributed by atoms with Gasteiger partial charge in [-0.05, 0) is 19.3 Å². The molecule has 0 aliphatic rings. The first-order valence-electron chi connectivity index (χ1n) is 6.39. The number of nitrogens with one attached hydrogen (secondary N) is 1. The van der Waals surface area contributed by atoms with Gasteiger partial charge in [-0.2, -0.15) is 0 Å². The molecule has 0 aromatic carbocycles. The fourth-order valence-corrected chi connectivity index (χ4v) is 1.56. The number of aromatic nitrogens is 2. The Balaban J connectivity index is 2.67. The van der Waals surface area contributed by atoms with Gasteiger partial charge in [0, 0.05) is 38.4 Å². The molecule has 1 aromatic heterocycles. The van der Waals surface area contributed by atoms with Gasteiger partial charge >= 0.3 is 0 Å². The Bertz CT molecular complexity index is 328. The van der Waals surface area contributed by atoms with E-state index in [-0.39, 0.29) is 0 Å². The van der Waals surface area contributed by atoms with Gasteiger partial charge < -0.3 is 10.1 Å². The second kappa shape index (κ2) is 8.01. The number of nitrogens with zero attached hydrogens (tertiary/aromatic N) is 2. The number of hydrogen-bond acceptors (Lipinski definition) is 4. The van der Waals surface area contributed by atoms with Crippen LogP contribution < -0.4 is 5.32 Å². The summed E-state index contributed by atoms with van der Waals surface area (Å²) in [5, 5.41) is 3.32. The fourth-order valence-electron chi connectivity index (χ4n) is 1.56. The van der Waals surface area contributed by atoms with Gasteiger partial charge in [0.2, 0.25) is 0 Å². The molecule has 96 valence electrons. The van der Waals surface area contributed by atoms with Gasteiger partial charge in [0.1, 0.15) is 11.6 Å². The maximum Gasteiger partial charge on any atom is 0.131 e. The molecule has 0 atom stereocenters. The van der Waals surface area contributed by atoms with Crippen LogP contribution in [0.15, 0.2) is 6.07 Å². The molecule has 4 nitrogen and oxygen atoms in total. The Kier molecular flexibility index (Phi) is 6.55. The maximum atomic E-state index is 5.04. The van der Waals surface area contributed by atoms with Gasteiger partial charge in [0.15, 0.2) is 0 Å². The molecule has 0 spiro atoms. The quantitative estimate of drug-likeness (QED) is 0.705. The molecule has 0 fully saturated rings. The van der Waals surface area contributed by atoms with Gasteiger partial charge in [0.25, 0.3) is 0 Å². The SMILES string of the molecule is CCCNc1cc(CC)nc(CCCOC)n1. The topological polar surface area (TPSA) is 47.0 Å². The second-order valence-corrected chi connectivity index (χ2v) is 4.04. The largest absolute Gasteiger partial charge is 0.385 e. The minimum atomic E-state index is 0.761. The van der Waals surface area contributed by atoms with E-state index in [0.29, 0.717) is 0 Å². The molecule has 0 unspecified atom stereocenters. The van der Waals surface area contributed by atoms with Crippen molar-refractivity contribution in [1.82, 2.24) is 9.97 Å². The van der Waals surface area contributed by atoms with E-state index in [1.165, 1.54) is 0 Å². The summed E-state index contributed by atoms with van der Waals surface area (Å²) in [5.41, 5.74) is 1.10. The van der Waals surface area contributed by atoms with E-state index in [4.69, 9.17) is 4.74 Å². The number of rotatable bonds is 8. The van der Waals surface area contributed by atoms with Gasteiger partial charge in [-0.25, -0.2) is 9.97 Å². The lowest BCUT2D eigenvalue weighted by molar-refractivity contribution is 0.194. The molecule has 0 bridgehead atoms. The molecule has 1 N–H and O–H groups in total. The first-order valence-corrected chi connectivity index (χ1v) is 6.39. The van der Waals surface area contributed by atoms with Crippen LogP contribution in [0.25, 0.3) is 0 Å². The van der Waals surface area contributed by atoms with E-state index in [2.05, 4.69) is 29.1 Å². The number of methoxy groups -OCH3 is 1. The average Bonchev–Trinajstić information content (AvgIpc) is 2.36. The van der Waals surface area contributed by atoms with Crippen molar-refractivity contribution in [3.63, 3.8) is 0 Å². The minimum Gasteiger partial charge on any atom is -0.385 e. The summed E-state index contributed by atoms with van der Waals surface area (Å²) in [6.07, 6.45) is 3.89. The second-order valence-electron chi connectivity index (χ2n) is 4.04. The monoisotopic (exact) mass is 237 g/mol. The summed E-state index contributed by atoms with van der Waals surface area (Å²) in [4.78, 5) is 9.04. The molecule has 17 heavy (non-hydrogen) atoms. The van der Waals surface area contributed by atoms with Crippen LogP contribution in [-0.2, 0) is 17.6 Å². The predicted molar refractivity (Wildman–Crippen MR) is 70.4 cm³/mol.